The van der Waals surface area contributed by atoms with E-state index in [4.69, 9.17) is 4.74 Å². The van der Waals surface area contributed by atoms with Crippen LogP contribution < -0.4 is 4.90 Å². The molecule has 1 aromatic carbocycles. The summed E-state index contributed by atoms with van der Waals surface area (Å²) in [4.78, 5) is 28.6. The quantitative estimate of drug-likeness (QED) is 0.239. The number of anilines is 1. The fraction of sp³-hybridized carbons (Fsp3) is 0.571. The number of hydrogen-bond donors (Lipinski definition) is 0. The predicted octanol–water partition coefficient (Wildman–Crippen LogP) is 7.52. The topological polar surface area (TPSA) is 46.6 Å². The Labute approximate surface area is 203 Å². The summed E-state index contributed by atoms with van der Waals surface area (Å²) in [5.41, 5.74) is 2.39. The summed E-state index contributed by atoms with van der Waals surface area (Å²) in [6.45, 7) is 8.27. The van der Waals surface area contributed by atoms with Gasteiger partial charge in [-0.15, -0.1) is 11.3 Å². The maximum Gasteiger partial charge on any atom is 0.348 e. The number of nitrogens with zero attached hydrogens (tertiary/aromatic N) is 1. The highest BCUT2D eigenvalue weighted by Gasteiger charge is 2.31. The molecule has 3 rings (SSSR count). The molecule has 5 heteroatoms. The van der Waals surface area contributed by atoms with Crippen molar-refractivity contribution in [3.63, 3.8) is 0 Å². The number of hydrogen-bond acceptors (Lipinski definition) is 4. The van der Waals surface area contributed by atoms with Crippen molar-refractivity contribution in [3.8, 4) is 0 Å². The second kappa shape index (κ2) is 12.4. The predicted molar refractivity (Wildman–Crippen MR) is 137 cm³/mol. The lowest BCUT2D eigenvalue weighted by Gasteiger charge is -2.25. The first-order chi connectivity index (χ1) is 15.9. The van der Waals surface area contributed by atoms with Gasteiger partial charge in [0.15, 0.2) is 0 Å². The molecule has 4 nitrogen and oxygen atoms in total. The van der Waals surface area contributed by atoms with E-state index in [0.29, 0.717) is 17.2 Å². The zero-order valence-electron chi connectivity index (χ0n) is 20.6. The standard InChI is InChI=1S/C28H39NO3S/c1-5-6-7-9-21(4)22-12-14-24(15-13-22)29-23(16-19-27(29)30)10-8-11-25-17-18-26(33-25)28(31)32-20(2)3/h12-15,17-18,20-21,23H,5-11,16,19H2,1-4H3/t21-,23-/m0/s1. The highest BCUT2D eigenvalue weighted by molar-refractivity contribution is 7.13. The molecule has 0 bridgehead atoms. The molecule has 2 heterocycles. The second-order valence-corrected chi connectivity index (χ2v) is 10.7. The molecule has 33 heavy (non-hydrogen) atoms. The van der Waals surface area contributed by atoms with Crippen LogP contribution in [-0.2, 0) is 16.0 Å². The lowest BCUT2D eigenvalue weighted by atomic mass is 9.95. The fourth-order valence-corrected chi connectivity index (χ4v) is 5.54. The van der Waals surface area contributed by atoms with Gasteiger partial charge in [0.25, 0.3) is 0 Å². The van der Waals surface area contributed by atoms with E-state index >= 15 is 0 Å². The van der Waals surface area contributed by atoms with Crippen molar-refractivity contribution in [1.29, 1.82) is 0 Å². The first kappa shape index (κ1) is 25.5. The lowest BCUT2D eigenvalue weighted by molar-refractivity contribution is -0.117. The number of thiophene rings is 1. The van der Waals surface area contributed by atoms with E-state index in [0.717, 1.165) is 31.4 Å². The fourth-order valence-electron chi connectivity index (χ4n) is 4.61. The molecule has 0 aliphatic carbocycles. The first-order valence-corrected chi connectivity index (χ1v) is 13.4. The van der Waals surface area contributed by atoms with Gasteiger partial charge in [0.05, 0.1) is 6.10 Å². The van der Waals surface area contributed by atoms with E-state index in [-0.39, 0.29) is 24.0 Å². The summed E-state index contributed by atoms with van der Waals surface area (Å²) in [5, 5.41) is 0. The molecule has 1 aromatic heterocycles. The van der Waals surface area contributed by atoms with Crippen LogP contribution in [0, 0.1) is 0 Å². The summed E-state index contributed by atoms with van der Waals surface area (Å²) >= 11 is 1.52. The molecule has 0 N–H and O–H groups in total. The molecular weight excluding hydrogens is 430 g/mol. The Morgan fingerprint density at radius 2 is 1.85 bits per heavy atom. The Morgan fingerprint density at radius 1 is 1.09 bits per heavy atom. The van der Waals surface area contributed by atoms with Crippen LogP contribution in [0.4, 0.5) is 5.69 Å². The summed E-state index contributed by atoms with van der Waals surface area (Å²) < 4.78 is 5.28. The average Bonchev–Trinajstić information content (AvgIpc) is 3.40. The Bertz CT molecular complexity index is 902. The summed E-state index contributed by atoms with van der Waals surface area (Å²) in [6.07, 6.45) is 9.39. The van der Waals surface area contributed by atoms with Gasteiger partial charge >= 0.3 is 5.97 Å². The molecule has 1 aliphatic heterocycles. The van der Waals surface area contributed by atoms with Gasteiger partial charge in [-0.3, -0.25) is 4.79 Å². The van der Waals surface area contributed by atoms with Crippen LogP contribution in [0.2, 0.25) is 0 Å². The number of esters is 1. The third-order valence-corrected chi connectivity index (χ3v) is 7.60. The van der Waals surface area contributed by atoms with Crippen molar-refractivity contribution in [1.82, 2.24) is 0 Å². The Kier molecular flexibility index (Phi) is 9.54. The average molecular weight is 470 g/mol. The normalized spacial score (nSPS) is 17.1. The Balaban J connectivity index is 1.54. The monoisotopic (exact) mass is 469 g/mol. The van der Waals surface area contributed by atoms with Crippen molar-refractivity contribution in [2.45, 2.75) is 104 Å². The van der Waals surface area contributed by atoms with Crippen LogP contribution in [0.25, 0.3) is 0 Å². The summed E-state index contributed by atoms with van der Waals surface area (Å²) in [5.74, 6) is 0.555. The van der Waals surface area contributed by atoms with Crippen LogP contribution in [0.1, 0.15) is 105 Å². The van der Waals surface area contributed by atoms with Crippen molar-refractivity contribution >= 4 is 28.9 Å². The molecule has 1 saturated heterocycles. The number of carbonyl (C=O) groups is 2. The molecule has 180 valence electrons. The van der Waals surface area contributed by atoms with Crippen molar-refractivity contribution in [2.24, 2.45) is 0 Å². The molecule has 2 atom stereocenters. The number of unbranched alkanes of at least 4 members (excludes halogenated alkanes) is 2. The highest BCUT2D eigenvalue weighted by Crippen LogP contribution is 2.32. The van der Waals surface area contributed by atoms with Crippen molar-refractivity contribution in [3.05, 3.63) is 51.7 Å². The second-order valence-electron chi connectivity index (χ2n) is 9.56. The minimum atomic E-state index is -0.239. The van der Waals surface area contributed by atoms with Crippen LogP contribution in [0.15, 0.2) is 36.4 Å². The van der Waals surface area contributed by atoms with Crippen molar-refractivity contribution in [2.75, 3.05) is 4.90 Å². The summed E-state index contributed by atoms with van der Waals surface area (Å²) in [7, 11) is 0. The molecule has 1 aliphatic rings. The van der Waals surface area contributed by atoms with Gasteiger partial charge in [-0.1, -0.05) is 45.2 Å². The molecule has 0 radical (unpaired) electrons. The number of benzene rings is 1. The molecule has 0 spiro atoms. The van der Waals surface area contributed by atoms with Gasteiger partial charge in [0, 0.05) is 23.0 Å². The van der Waals surface area contributed by atoms with Gasteiger partial charge in [0.2, 0.25) is 5.91 Å². The van der Waals surface area contributed by atoms with E-state index in [2.05, 4.69) is 38.1 Å². The molecule has 1 amide bonds. The van der Waals surface area contributed by atoms with Crippen LogP contribution in [-0.4, -0.2) is 24.0 Å². The molecule has 1 fully saturated rings. The van der Waals surface area contributed by atoms with Gasteiger partial charge < -0.3 is 9.64 Å². The van der Waals surface area contributed by atoms with Crippen LogP contribution >= 0.6 is 11.3 Å². The van der Waals surface area contributed by atoms with E-state index in [1.165, 1.54) is 47.5 Å². The van der Waals surface area contributed by atoms with E-state index < -0.39 is 0 Å². The molecule has 0 unspecified atom stereocenters. The van der Waals surface area contributed by atoms with Crippen molar-refractivity contribution < 1.29 is 14.3 Å². The van der Waals surface area contributed by atoms with Crippen LogP contribution in [0.3, 0.4) is 0 Å². The van der Waals surface area contributed by atoms with Gasteiger partial charge in [0.1, 0.15) is 4.88 Å². The number of carbonyl (C=O) groups excluding carboxylic acids is 2. The maximum absolute atomic E-state index is 12.7. The number of rotatable bonds is 12. The van der Waals surface area contributed by atoms with Gasteiger partial charge in [-0.25, -0.2) is 4.79 Å². The first-order valence-electron chi connectivity index (χ1n) is 12.6. The maximum atomic E-state index is 12.7. The minimum absolute atomic E-state index is 0.104. The zero-order chi connectivity index (χ0) is 23.8. The minimum Gasteiger partial charge on any atom is -0.459 e. The SMILES string of the molecule is CCCCC[C@H](C)c1ccc(N2C(=O)CC[C@@H]2CCCc2ccc(C(=O)OC(C)C)s2)cc1. The third kappa shape index (κ3) is 7.17. The van der Waals surface area contributed by atoms with E-state index in [1.807, 2.05) is 30.9 Å². The largest absolute Gasteiger partial charge is 0.459 e. The number of amides is 1. The summed E-state index contributed by atoms with van der Waals surface area (Å²) in [6, 6.07) is 12.8. The van der Waals surface area contributed by atoms with Crippen LogP contribution in [0.5, 0.6) is 0 Å². The third-order valence-electron chi connectivity index (χ3n) is 6.47. The number of ether oxygens (including phenoxy) is 1. The Hall–Kier alpha value is -2.14. The van der Waals surface area contributed by atoms with Gasteiger partial charge in [-0.05, 0) is 81.7 Å². The zero-order valence-corrected chi connectivity index (χ0v) is 21.5. The molecular formula is C28H39NO3S. The van der Waals surface area contributed by atoms with Gasteiger partial charge in [-0.2, -0.15) is 0 Å². The van der Waals surface area contributed by atoms with E-state index in [9.17, 15) is 9.59 Å². The Morgan fingerprint density at radius 3 is 2.55 bits per heavy atom. The lowest BCUT2D eigenvalue weighted by Crippen LogP contribution is -2.32. The smallest absolute Gasteiger partial charge is 0.348 e. The molecule has 2 aromatic rings. The highest BCUT2D eigenvalue weighted by atomic mass is 32.1. The number of aryl methyl sites for hydroxylation is 1. The van der Waals surface area contributed by atoms with E-state index in [1.54, 1.807) is 0 Å². The molecule has 0 saturated carbocycles.